The van der Waals surface area contributed by atoms with Crippen molar-refractivity contribution in [1.29, 1.82) is 0 Å². The number of carbonyl (C=O) groups is 2. The molecule has 1 fully saturated rings. The van der Waals surface area contributed by atoms with Crippen LogP contribution < -0.4 is 16.0 Å². The maximum atomic E-state index is 11.6. The van der Waals surface area contributed by atoms with Gasteiger partial charge in [0.2, 0.25) is 11.8 Å². The molecule has 3 N–H and O–H groups in total. The molecule has 98 valence electrons. The number of ether oxygens (including phenoxy) is 1. The third-order valence-corrected chi connectivity index (χ3v) is 2.74. The zero-order valence-corrected chi connectivity index (χ0v) is 10.4. The van der Waals surface area contributed by atoms with Crippen LogP contribution in [0, 0.1) is 0 Å². The Kier molecular flexibility index (Phi) is 5.93. The first-order chi connectivity index (χ1) is 8.15. The minimum absolute atomic E-state index is 0.0206. The summed E-state index contributed by atoms with van der Waals surface area (Å²) >= 11 is 0. The van der Waals surface area contributed by atoms with Gasteiger partial charge in [0.25, 0.3) is 0 Å². The van der Waals surface area contributed by atoms with E-state index in [0.29, 0.717) is 13.2 Å². The summed E-state index contributed by atoms with van der Waals surface area (Å²) in [6.07, 6.45) is 1.73. The Balaban J connectivity index is 2.29. The van der Waals surface area contributed by atoms with Crippen molar-refractivity contribution in [1.82, 2.24) is 16.0 Å². The highest BCUT2D eigenvalue weighted by Gasteiger charge is 2.25. The van der Waals surface area contributed by atoms with Gasteiger partial charge in [0.1, 0.15) is 0 Å². The van der Waals surface area contributed by atoms with E-state index in [4.69, 9.17) is 4.74 Å². The van der Waals surface area contributed by atoms with Crippen LogP contribution in [0.2, 0.25) is 0 Å². The monoisotopic (exact) mass is 243 g/mol. The second-order valence-corrected chi connectivity index (χ2v) is 4.16. The topological polar surface area (TPSA) is 79.5 Å². The fraction of sp³-hybridized carbons (Fsp3) is 0.818. The molecule has 17 heavy (non-hydrogen) atoms. The smallest absolute Gasteiger partial charge is 0.237 e. The molecule has 0 aromatic carbocycles. The summed E-state index contributed by atoms with van der Waals surface area (Å²) in [4.78, 5) is 23.1. The Morgan fingerprint density at radius 1 is 1.65 bits per heavy atom. The van der Waals surface area contributed by atoms with Gasteiger partial charge in [0, 0.05) is 20.2 Å². The summed E-state index contributed by atoms with van der Waals surface area (Å²) in [6.45, 7) is 3.45. The molecule has 0 bridgehead atoms. The van der Waals surface area contributed by atoms with Crippen molar-refractivity contribution in [2.45, 2.75) is 31.8 Å². The lowest BCUT2D eigenvalue weighted by molar-refractivity contribution is -0.126. The Bertz CT molecular complexity index is 271. The third-order valence-electron chi connectivity index (χ3n) is 2.74. The first kappa shape index (κ1) is 13.9. The SMILES string of the molecule is COCCNC(=O)C(C)NC1CCCNC1=O. The lowest BCUT2D eigenvalue weighted by Gasteiger charge is -2.25. The zero-order valence-electron chi connectivity index (χ0n) is 10.4. The molecule has 2 amide bonds. The predicted octanol–water partition coefficient (Wildman–Crippen LogP) is -0.994. The first-order valence-electron chi connectivity index (χ1n) is 5.95. The molecule has 0 aromatic heterocycles. The van der Waals surface area contributed by atoms with Crippen molar-refractivity contribution < 1.29 is 14.3 Å². The minimum Gasteiger partial charge on any atom is -0.383 e. The van der Waals surface area contributed by atoms with Crippen molar-refractivity contribution >= 4 is 11.8 Å². The summed E-state index contributed by atoms with van der Waals surface area (Å²) in [5.74, 6) is -0.131. The van der Waals surface area contributed by atoms with Crippen LogP contribution in [0.3, 0.4) is 0 Å². The zero-order chi connectivity index (χ0) is 12.7. The summed E-state index contributed by atoms with van der Waals surface area (Å²) in [5, 5.41) is 8.54. The van der Waals surface area contributed by atoms with Crippen molar-refractivity contribution in [3.05, 3.63) is 0 Å². The minimum atomic E-state index is -0.374. The number of amides is 2. The Morgan fingerprint density at radius 3 is 3.06 bits per heavy atom. The van der Waals surface area contributed by atoms with Gasteiger partial charge in [-0.15, -0.1) is 0 Å². The number of piperidine rings is 1. The summed E-state index contributed by atoms with van der Waals surface area (Å²) in [7, 11) is 1.58. The Hall–Kier alpha value is -1.14. The van der Waals surface area contributed by atoms with Gasteiger partial charge in [0.05, 0.1) is 18.7 Å². The average Bonchev–Trinajstić information content (AvgIpc) is 2.32. The quantitative estimate of drug-likeness (QED) is 0.523. The molecule has 1 heterocycles. The molecule has 0 aliphatic carbocycles. The fourth-order valence-corrected chi connectivity index (χ4v) is 1.74. The molecule has 1 rings (SSSR count). The van der Waals surface area contributed by atoms with Gasteiger partial charge in [0.15, 0.2) is 0 Å². The normalized spacial score (nSPS) is 21.8. The van der Waals surface area contributed by atoms with Crippen LogP contribution in [-0.4, -0.2) is 50.7 Å². The molecule has 6 nitrogen and oxygen atoms in total. The summed E-state index contributed by atoms with van der Waals surface area (Å²) in [5.41, 5.74) is 0. The Morgan fingerprint density at radius 2 is 2.41 bits per heavy atom. The standard InChI is InChI=1S/C11H21N3O3/c1-8(10(15)13-6-7-17-2)14-9-4-3-5-12-11(9)16/h8-9,14H,3-7H2,1-2H3,(H,12,16)(H,13,15). The third kappa shape index (κ3) is 4.70. The molecule has 0 saturated carbocycles. The van der Waals surface area contributed by atoms with E-state index in [1.165, 1.54) is 0 Å². The van der Waals surface area contributed by atoms with Gasteiger partial charge in [-0.2, -0.15) is 0 Å². The summed E-state index contributed by atoms with van der Waals surface area (Å²) in [6, 6.07) is -0.632. The molecule has 0 aromatic rings. The second-order valence-electron chi connectivity index (χ2n) is 4.16. The van der Waals surface area contributed by atoms with Gasteiger partial charge in [-0.1, -0.05) is 0 Å². The van der Waals surface area contributed by atoms with Crippen molar-refractivity contribution in [2.24, 2.45) is 0 Å². The number of hydrogen-bond donors (Lipinski definition) is 3. The molecule has 2 unspecified atom stereocenters. The molecule has 1 aliphatic heterocycles. The molecule has 2 atom stereocenters. The van der Waals surface area contributed by atoms with Gasteiger partial charge >= 0.3 is 0 Å². The van der Waals surface area contributed by atoms with Crippen LogP contribution in [0.4, 0.5) is 0 Å². The number of methoxy groups -OCH3 is 1. The van der Waals surface area contributed by atoms with E-state index in [-0.39, 0.29) is 23.9 Å². The lowest BCUT2D eigenvalue weighted by Crippen LogP contribution is -2.54. The van der Waals surface area contributed by atoms with E-state index in [2.05, 4.69) is 16.0 Å². The largest absolute Gasteiger partial charge is 0.383 e. The maximum Gasteiger partial charge on any atom is 0.237 e. The van der Waals surface area contributed by atoms with E-state index in [0.717, 1.165) is 19.4 Å². The lowest BCUT2D eigenvalue weighted by atomic mass is 10.1. The van der Waals surface area contributed by atoms with Gasteiger partial charge < -0.3 is 15.4 Å². The fourth-order valence-electron chi connectivity index (χ4n) is 1.74. The van der Waals surface area contributed by atoms with Crippen LogP contribution in [-0.2, 0) is 14.3 Å². The molecule has 0 spiro atoms. The maximum absolute atomic E-state index is 11.6. The number of rotatable bonds is 6. The van der Waals surface area contributed by atoms with E-state index in [1.54, 1.807) is 14.0 Å². The van der Waals surface area contributed by atoms with E-state index >= 15 is 0 Å². The van der Waals surface area contributed by atoms with Crippen molar-refractivity contribution in [2.75, 3.05) is 26.8 Å². The van der Waals surface area contributed by atoms with Crippen molar-refractivity contribution in [3.8, 4) is 0 Å². The molecule has 1 aliphatic rings. The molecule has 6 heteroatoms. The summed E-state index contributed by atoms with van der Waals surface area (Å²) < 4.78 is 4.84. The van der Waals surface area contributed by atoms with Crippen LogP contribution in [0.1, 0.15) is 19.8 Å². The van der Waals surface area contributed by atoms with E-state index in [9.17, 15) is 9.59 Å². The highest BCUT2D eigenvalue weighted by molar-refractivity contribution is 5.85. The second kappa shape index (κ2) is 7.24. The number of carbonyl (C=O) groups excluding carboxylic acids is 2. The predicted molar refractivity (Wildman–Crippen MR) is 63.5 cm³/mol. The van der Waals surface area contributed by atoms with Crippen molar-refractivity contribution in [3.63, 3.8) is 0 Å². The van der Waals surface area contributed by atoms with Gasteiger partial charge in [-0.25, -0.2) is 0 Å². The van der Waals surface area contributed by atoms with Crippen LogP contribution in [0.15, 0.2) is 0 Å². The Labute approximate surface area is 101 Å². The van der Waals surface area contributed by atoms with Crippen LogP contribution in [0.5, 0.6) is 0 Å². The highest BCUT2D eigenvalue weighted by Crippen LogP contribution is 2.03. The molecule has 1 saturated heterocycles. The molecular formula is C11H21N3O3. The van der Waals surface area contributed by atoms with Crippen LogP contribution >= 0.6 is 0 Å². The number of hydrogen-bond acceptors (Lipinski definition) is 4. The first-order valence-corrected chi connectivity index (χ1v) is 5.95. The van der Waals surface area contributed by atoms with Crippen LogP contribution in [0.25, 0.3) is 0 Å². The average molecular weight is 243 g/mol. The van der Waals surface area contributed by atoms with E-state index in [1.807, 2.05) is 0 Å². The highest BCUT2D eigenvalue weighted by atomic mass is 16.5. The van der Waals surface area contributed by atoms with Gasteiger partial charge in [-0.05, 0) is 19.8 Å². The molecular weight excluding hydrogens is 222 g/mol. The number of nitrogens with one attached hydrogen (secondary N) is 3. The van der Waals surface area contributed by atoms with Gasteiger partial charge in [-0.3, -0.25) is 14.9 Å². The molecule has 0 radical (unpaired) electrons. The van der Waals surface area contributed by atoms with E-state index < -0.39 is 0 Å².